The molecule has 1 saturated heterocycles. The molecule has 4 rings (SSSR count). The van der Waals surface area contributed by atoms with E-state index in [0.29, 0.717) is 18.9 Å². The molecule has 0 saturated carbocycles. The molecule has 2 atom stereocenters. The van der Waals surface area contributed by atoms with Crippen LogP contribution in [0.5, 0.6) is 5.75 Å². The first-order chi connectivity index (χ1) is 14.6. The maximum atomic E-state index is 11.7. The second-order valence-electron chi connectivity index (χ2n) is 7.43. The first-order valence-corrected chi connectivity index (χ1v) is 10.2. The SMILES string of the molecule is COC(=O)[C@H]1CC[C@H](c2ccc(OCCc3nc(-c4ccccc4)oc3C)cc2)N1. The number of rotatable bonds is 7. The summed E-state index contributed by atoms with van der Waals surface area (Å²) in [5, 5.41) is 3.33. The summed E-state index contributed by atoms with van der Waals surface area (Å²) in [4.78, 5) is 16.3. The highest BCUT2D eigenvalue weighted by molar-refractivity contribution is 5.76. The molecule has 30 heavy (non-hydrogen) atoms. The van der Waals surface area contributed by atoms with E-state index in [9.17, 15) is 4.79 Å². The summed E-state index contributed by atoms with van der Waals surface area (Å²) in [7, 11) is 1.42. The number of aromatic nitrogens is 1. The number of ether oxygens (including phenoxy) is 2. The molecule has 3 aromatic rings. The number of aryl methyl sites for hydroxylation is 1. The predicted molar refractivity (Wildman–Crippen MR) is 113 cm³/mol. The molecular weight excluding hydrogens is 380 g/mol. The molecule has 0 radical (unpaired) electrons. The summed E-state index contributed by atoms with van der Waals surface area (Å²) in [6.45, 7) is 2.45. The number of oxazole rings is 1. The van der Waals surface area contributed by atoms with Gasteiger partial charge in [0, 0.05) is 18.0 Å². The van der Waals surface area contributed by atoms with Gasteiger partial charge >= 0.3 is 5.97 Å². The Hall–Kier alpha value is -3.12. The van der Waals surface area contributed by atoms with Crippen molar-refractivity contribution in [3.05, 3.63) is 71.6 Å². The Morgan fingerprint density at radius 1 is 1.13 bits per heavy atom. The van der Waals surface area contributed by atoms with Crippen molar-refractivity contribution in [1.29, 1.82) is 0 Å². The van der Waals surface area contributed by atoms with E-state index in [1.54, 1.807) is 0 Å². The van der Waals surface area contributed by atoms with Gasteiger partial charge in [-0.1, -0.05) is 30.3 Å². The van der Waals surface area contributed by atoms with E-state index in [4.69, 9.17) is 13.9 Å². The molecule has 1 aliphatic heterocycles. The van der Waals surface area contributed by atoms with Gasteiger partial charge in [0.1, 0.15) is 17.6 Å². The minimum atomic E-state index is -0.220. The van der Waals surface area contributed by atoms with Gasteiger partial charge in [-0.05, 0) is 49.6 Å². The fourth-order valence-electron chi connectivity index (χ4n) is 3.76. The Bertz CT molecular complexity index is 982. The molecule has 156 valence electrons. The molecule has 2 aromatic carbocycles. The third-order valence-corrected chi connectivity index (χ3v) is 5.44. The maximum absolute atomic E-state index is 11.7. The van der Waals surface area contributed by atoms with Crippen molar-refractivity contribution in [2.24, 2.45) is 0 Å². The van der Waals surface area contributed by atoms with Gasteiger partial charge in [-0.25, -0.2) is 4.98 Å². The van der Waals surface area contributed by atoms with Gasteiger partial charge in [-0.15, -0.1) is 0 Å². The molecule has 0 bridgehead atoms. The lowest BCUT2D eigenvalue weighted by atomic mass is 10.1. The molecular formula is C24H26N2O4. The highest BCUT2D eigenvalue weighted by Gasteiger charge is 2.30. The number of hydrogen-bond acceptors (Lipinski definition) is 6. The van der Waals surface area contributed by atoms with Gasteiger partial charge in [0.2, 0.25) is 5.89 Å². The molecule has 0 unspecified atom stereocenters. The molecule has 0 amide bonds. The summed E-state index contributed by atoms with van der Waals surface area (Å²) in [6.07, 6.45) is 2.38. The number of nitrogens with one attached hydrogen (secondary N) is 1. The summed E-state index contributed by atoms with van der Waals surface area (Å²) < 4.78 is 16.5. The van der Waals surface area contributed by atoms with Crippen molar-refractivity contribution in [2.45, 2.75) is 38.3 Å². The average molecular weight is 406 g/mol. The maximum Gasteiger partial charge on any atom is 0.322 e. The summed E-state index contributed by atoms with van der Waals surface area (Å²) >= 11 is 0. The van der Waals surface area contributed by atoms with Crippen molar-refractivity contribution < 1.29 is 18.7 Å². The predicted octanol–water partition coefficient (Wildman–Crippen LogP) is 4.24. The molecule has 6 nitrogen and oxygen atoms in total. The normalized spacial score (nSPS) is 18.3. The summed E-state index contributed by atoms with van der Waals surface area (Å²) in [5.41, 5.74) is 3.03. The molecule has 1 N–H and O–H groups in total. The fraction of sp³-hybridized carbons (Fsp3) is 0.333. The molecule has 6 heteroatoms. The number of nitrogens with zero attached hydrogens (tertiary/aromatic N) is 1. The van der Waals surface area contributed by atoms with Crippen LogP contribution >= 0.6 is 0 Å². The van der Waals surface area contributed by atoms with Crippen LogP contribution in [0.25, 0.3) is 11.5 Å². The number of methoxy groups -OCH3 is 1. The zero-order chi connectivity index (χ0) is 20.9. The zero-order valence-electron chi connectivity index (χ0n) is 17.3. The minimum Gasteiger partial charge on any atom is -0.493 e. The molecule has 1 fully saturated rings. The molecule has 2 heterocycles. The van der Waals surface area contributed by atoms with Gasteiger partial charge in [-0.3, -0.25) is 10.1 Å². The van der Waals surface area contributed by atoms with Gasteiger partial charge in [-0.2, -0.15) is 0 Å². The van der Waals surface area contributed by atoms with Crippen LogP contribution in [0.3, 0.4) is 0 Å². The Balaban J connectivity index is 1.30. The van der Waals surface area contributed by atoms with Gasteiger partial charge in [0.25, 0.3) is 0 Å². The minimum absolute atomic E-state index is 0.164. The summed E-state index contributed by atoms with van der Waals surface area (Å²) in [6, 6.07) is 17.8. The number of carbonyl (C=O) groups excluding carboxylic acids is 1. The van der Waals surface area contributed by atoms with Crippen molar-refractivity contribution in [1.82, 2.24) is 10.3 Å². The average Bonchev–Trinajstić information content (AvgIpc) is 3.42. The van der Waals surface area contributed by atoms with E-state index < -0.39 is 0 Å². The Morgan fingerprint density at radius 2 is 1.90 bits per heavy atom. The first-order valence-electron chi connectivity index (χ1n) is 10.2. The number of esters is 1. The largest absolute Gasteiger partial charge is 0.493 e. The zero-order valence-corrected chi connectivity index (χ0v) is 17.3. The van der Waals surface area contributed by atoms with Crippen molar-refractivity contribution >= 4 is 5.97 Å². The topological polar surface area (TPSA) is 73.6 Å². The van der Waals surface area contributed by atoms with E-state index in [1.807, 2.05) is 61.5 Å². The van der Waals surface area contributed by atoms with Crippen LogP contribution in [0.2, 0.25) is 0 Å². The van der Waals surface area contributed by atoms with Gasteiger partial charge < -0.3 is 13.9 Å². The van der Waals surface area contributed by atoms with E-state index in [0.717, 1.165) is 41.2 Å². The van der Waals surface area contributed by atoms with Gasteiger partial charge in [0.05, 0.1) is 19.4 Å². The van der Waals surface area contributed by atoms with Crippen LogP contribution in [-0.4, -0.2) is 30.7 Å². The Labute approximate surface area is 176 Å². The standard InChI is InChI=1S/C24H26N2O4/c1-16-20(26-23(30-16)18-6-4-3-5-7-18)14-15-29-19-10-8-17(9-11-19)21-12-13-22(25-21)24(27)28-2/h3-11,21-22,25H,12-15H2,1-2H3/t21-,22-/m1/s1. The van der Waals surface area contributed by atoms with Crippen LogP contribution < -0.4 is 10.1 Å². The third-order valence-electron chi connectivity index (χ3n) is 5.44. The smallest absolute Gasteiger partial charge is 0.322 e. The first kappa shape index (κ1) is 20.2. The van der Waals surface area contributed by atoms with E-state index in [-0.39, 0.29) is 18.1 Å². The van der Waals surface area contributed by atoms with Crippen LogP contribution in [0.1, 0.15) is 35.9 Å². The van der Waals surface area contributed by atoms with E-state index in [2.05, 4.69) is 10.3 Å². The summed E-state index contributed by atoms with van der Waals surface area (Å²) in [5.74, 6) is 2.07. The molecule has 0 spiro atoms. The number of hydrogen-bond donors (Lipinski definition) is 1. The number of benzene rings is 2. The lowest BCUT2D eigenvalue weighted by Gasteiger charge is -2.14. The van der Waals surface area contributed by atoms with Crippen molar-refractivity contribution in [3.63, 3.8) is 0 Å². The second-order valence-corrected chi connectivity index (χ2v) is 7.43. The Morgan fingerprint density at radius 3 is 2.63 bits per heavy atom. The van der Waals surface area contributed by atoms with Crippen LogP contribution in [0.15, 0.2) is 59.0 Å². The van der Waals surface area contributed by atoms with Crippen LogP contribution in [0.4, 0.5) is 0 Å². The lowest BCUT2D eigenvalue weighted by Crippen LogP contribution is -2.33. The number of carbonyl (C=O) groups is 1. The fourth-order valence-corrected chi connectivity index (χ4v) is 3.76. The second kappa shape index (κ2) is 9.13. The quantitative estimate of drug-likeness (QED) is 0.592. The highest BCUT2D eigenvalue weighted by atomic mass is 16.5. The molecule has 1 aromatic heterocycles. The van der Waals surface area contributed by atoms with Crippen molar-refractivity contribution in [2.75, 3.05) is 13.7 Å². The van der Waals surface area contributed by atoms with Gasteiger partial charge in [0.15, 0.2) is 0 Å². The molecule has 1 aliphatic rings. The lowest BCUT2D eigenvalue weighted by molar-refractivity contribution is -0.142. The van der Waals surface area contributed by atoms with E-state index in [1.165, 1.54) is 7.11 Å². The highest BCUT2D eigenvalue weighted by Crippen LogP contribution is 2.28. The van der Waals surface area contributed by atoms with Crippen LogP contribution in [-0.2, 0) is 16.0 Å². The monoisotopic (exact) mass is 406 g/mol. The van der Waals surface area contributed by atoms with E-state index >= 15 is 0 Å². The van der Waals surface area contributed by atoms with Crippen molar-refractivity contribution in [3.8, 4) is 17.2 Å². The third kappa shape index (κ3) is 4.54. The Kier molecular flexibility index (Phi) is 6.14. The molecule has 0 aliphatic carbocycles. The van der Waals surface area contributed by atoms with Crippen LogP contribution in [0, 0.1) is 6.92 Å².